The van der Waals surface area contributed by atoms with Crippen LogP contribution in [0.15, 0.2) is 24.3 Å². The molecule has 1 aromatic rings. The first-order valence-electron chi connectivity index (χ1n) is 4.12. The number of anilines is 1. The third-order valence-corrected chi connectivity index (χ3v) is 1.85. The Kier molecular flexibility index (Phi) is 3.25. The van der Waals surface area contributed by atoms with Crippen molar-refractivity contribution in [1.82, 2.24) is 0 Å². The van der Waals surface area contributed by atoms with Gasteiger partial charge in [-0.15, -0.1) is 0 Å². The van der Waals surface area contributed by atoms with E-state index in [0.717, 1.165) is 22.9 Å². The minimum absolute atomic E-state index is 0.751. The zero-order valence-corrected chi connectivity index (χ0v) is 7.82. The number of aryl methyl sites for hydroxylation is 1. The van der Waals surface area contributed by atoms with Gasteiger partial charge < -0.3 is 10.5 Å². The number of aliphatic carboxylic acids is 1. The van der Waals surface area contributed by atoms with E-state index in [1.807, 2.05) is 19.1 Å². The third-order valence-electron chi connectivity index (χ3n) is 1.85. The molecule has 0 aliphatic carbocycles. The van der Waals surface area contributed by atoms with Crippen LogP contribution < -0.4 is 11.3 Å². The Morgan fingerprint density at radius 1 is 1.57 bits per heavy atom. The molecule has 0 spiro atoms. The topological polar surface area (TPSA) is 75.3 Å². The number of nitrogens with two attached hydrogens (primary N) is 1. The van der Waals surface area contributed by atoms with Crippen molar-refractivity contribution in [2.75, 3.05) is 5.43 Å². The van der Waals surface area contributed by atoms with Gasteiger partial charge in [0.25, 0.3) is 0 Å². The molecular weight excluding hydrogens is 180 g/mol. The zero-order chi connectivity index (χ0) is 10.6. The van der Waals surface area contributed by atoms with Crippen LogP contribution >= 0.6 is 0 Å². The minimum Gasteiger partial charge on any atom is -0.478 e. The van der Waals surface area contributed by atoms with Gasteiger partial charge in [-0.2, -0.15) is 0 Å². The molecule has 0 aromatic heterocycles. The minimum atomic E-state index is -0.962. The van der Waals surface area contributed by atoms with Crippen LogP contribution in [0.1, 0.15) is 11.1 Å². The molecule has 74 valence electrons. The highest BCUT2D eigenvalue weighted by Gasteiger charge is 1.96. The zero-order valence-electron chi connectivity index (χ0n) is 7.82. The van der Waals surface area contributed by atoms with Crippen LogP contribution in [-0.2, 0) is 4.79 Å². The lowest BCUT2D eigenvalue weighted by Gasteiger charge is -2.04. The molecule has 4 heteroatoms. The standard InChI is InChI=1S/C10H12N2O2/c1-7-2-4-9(12-11)6-8(7)3-5-10(13)14/h2-6,12H,11H2,1H3,(H,13,14)/b5-3+. The van der Waals surface area contributed by atoms with E-state index in [9.17, 15) is 4.79 Å². The molecule has 0 atom stereocenters. The number of nitrogens with one attached hydrogen (secondary N) is 1. The van der Waals surface area contributed by atoms with Crippen LogP contribution in [0.3, 0.4) is 0 Å². The summed E-state index contributed by atoms with van der Waals surface area (Å²) in [4.78, 5) is 10.3. The predicted molar refractivity (Wildman–Crippen MR) is 55.7 cm³/mol. The molecule has 4 nitrogen and oxygen atoms in total. The van der Waals surface area contributed by atoms with E-state index < -0.39 is 5.97 Å². The summed E-state index contributed by atoms with van der Waals surface area (Å²) in [6, 6.07) is 5.49. The Morgan fingerprint density at radius 3 is 2.86 bits per heavy atom. The number of carboxylic acid groups (broad SMARTS) is 1. The van der Waals surface area contributed by atoms with Crippen LogP contribution in [0.4, 0.5) is 5.69 Å². The lowest BCUT2D eigenvalue weighted by atomic mass is 10.1. The summed E-state index contributed by atoms with van der Waals surface area (Å²) in [5, 5.41) is 8.47. The van der Waals surface area contributed by atoms with Crippen LogP contribution in [0.25, 0.3) is 6.08 Å². The Labute approximate surface area is 82.0 Å². The molecule has 0 radical (unpaired) electrons. The van der Waals surface area contributed by atoms with E-state index in [4.69, 9.17) is 10.9 Å². The van der Waals surface area contributed by atoms with E-state index in [-0.39, 0.29) is 0 Å². The summed E-state index contributed by atoms with van der Waals surface area (Å²) in [5.74, 6) is 4.27. The Hall–Kier alpha value is -1.81. The number of hydrogen-bond donors (Lipinski definition) is 3. The molecule has 0 saturated heterocycles. The summed E-state index contributed by atoms with van der Waals surface area (Å²) in [5.41, 5.74) is 5.09. The van der Waals surface area contributed by atoms with Crippen molar-refractivity contribution in [2.45, 2.75) is 6.92 Å². The van der Waals surface area contributed by atoms with E-state index in [1.165, 1.54) is 0 Å². The molecule has 14 heavy (non-hydrogen) atoms. The van der Waals surface area contributed by atoms with Crippen molar-refractivity contribution in [1.29, 1.82) is 0 Å². The van der Waals surface area contributed by atoms with Crippen molar-refractivity contribution >= 4 is 17.7 Å². The highest BCUT2D eigenvalue weighted by molar-refractivity contribution is 5.85. The fourth-order valence-corrected chi connectivity index (χ4v) is 1.07. The smallest absolute Gasteiger partial charge is 0.328 e. The number of nitrogen functional groups attached to an aromatic ring is 1. The first-order valence-corrected chi connectivity index (χ1v) is 4.12. The molecule has 0 amide bonds. The van der Waals surface area contributed by atoms with E-state index >= 15 is 0 Å². The molecule has 0 unspecified atom stereocenters. The SMILES string of the molecule is Cc1ccc(NN)cc1/C=C/C(=O)O. The van der Waals surface area contributed by atoms with Gasteiger partial charge in [-0.1, -0.05) is 6.07 Å². The second kappa shape index (κ2) is 4.43. The number of hydrazine groups is 1. The van der Waals surface area contributed by atoms with Gasteiger partial charge in [0.05, 0.1) is 0 Å². The summed E-state index contributed by atoms with van der Waals surface area (Å²) >= 11 is 0. The quantitative estimate of drug-likeness (QED) is 0.384. The summed E-state index contributed by atoms with van der Waals surface area (Å²) in [6.45, 7) is 1.90. The van der Waals surface area contributed by atoms with Crippen LogP contribution in [-0.4, -0.2) is 11.1 Å². The first kappa shape index (κ1) is 10.3. The van der Waals surface area contributed by atoms with Gasteiger partial charge in [-0.25, -0.2) is 4.79 Å². The van der Waals surface area contributed by atoms with Crippen molar-refractivity contribution in [2.24, 2.45) is 5.84 Å². The van der Waals surface area contributed by atoms with Crippen molar-refractivity contribution < 1.29 is 9.90 Å². The molecule has 0 aliphatic rings. The highest BCUT2D eigenvalue weighted by Crippen LogP contribution is 2.15. The second-order valence-electron chi connectivity index (χ2n) is 2.89. The lowest BCUT2D eigenvalue weighted by molar-refractivity contribution is -0.131. The number of carboxylic acids is 1. The van der Waals surface area contributed by atoms with Gasteiger partial charge in [-0.3, -0.25) is 5.84 Å². The van der Waals surface area contributed by atoms with Crippen LogP contribution in [0, 0.1) is 6.92 Å². The number of rotatable bonds is 3. The third kappa shape index (κ3) is 2.60. The lowest BCUT2D eigenvalue weighted by Crippen LogP contribution is -2.06. The monoisotopic (exact) mass is 192 g/mol. The van der Waals surface area contributed by atoms with Gasteiger partial charge in [0, 0.05) is 11.8 Å². The normalized spacial score (nSPS) is 10.4. The predicted octanol–water partition coefficient (Wildman–Crippen LogP) is 1.38. The fraction of sp³-hybridized carbons (Fsp3) is 0.100. The second-order valence-corrected chi connectivity index (χ2v) is 2.89. The summed E-state index contributed by atoms with van der Waals surface area (Å²) in [7, 11) is 0. The van der Waals surface area contributed by atoms with E-state index in [2.05, 4.69) is 5.43 Å². The van der Waals surface area contributed by atoms with Crippen molar-refractivity contribution in [3.8, 4) is 0 Å². The average molecular weight is 192 g/mol. The molecule has 0 aliphatic heterocycles. The summed E-state index contributed by atoms with van der Waals surface area (Å²) < 4.78 is 0. The number of benzene rings is 1. The average Bonchev–Trinajstić information content (AvgIpc) is 2.16. The maximum Gasteiger partial charge on any atom is 0.328 e. The maximum atomic E-state index is 10.3. The van der Waals surface area contributed by atoms with Gasteiger partial charge in [0.1, 0.15) is 0 Å². The largest absolute Gasteiger partial charge is 0.478 e. The Bertz CT molecular complexity index is 372. The highest BCUT2D eigenvalue weighted by atomic mass is 16.4. The fourth-order valence-electron chi connectivity index (χ4n) is 1.07. The van der Waals surface area contributed by atoms with Crippen LogP contribution in [0.2, 0.25) is 0 Å². The molecule has 0 bridgehead atoms. The van der Waals surface area contributed by atoms with Crippen molar-refractivity contribution in [3.63, 3.8) is 0 Å². The summed E-state index contributed by atoms with van der Waals surface area (Å²) in [6.07, 6.45) is 2.64. The molecule has 0 saturated carbocycles. The molecule has 1 aromatic carbocycles. The molecule has 0 heterocycles. The van der Waals surface area contributed by atoms with Gasteiger partial charge in [0.2, 0.25) is 0 Å². The van der Waals surface area contributed by atoms with Gasteiger partial charge in [-0.05, 0) is 36.3 Å². The first-order chi connectivity index (χ1) is 6.63. The molecule has 0 fully saturated rings. The Balaban J connectivity index is 3.00. The Morgan fingerprint density at radius 2 is 2.29 bits per heavy atom. The van der Waals surface area contributed by atoms with Crippen molar-refractivity contribution in [3.05, 3.63) is 35.4 Å². The molecule has 1 rings (SSSR count). The van der Waals surface area contributed by atoms with Gasteiger partial charge in [0.15, 0.2) is 0 Å². The molecular formula is C10H12N2O2. The number of hydrogen-bond acceptors (Lipinski definition) is 3. The van der Waals surface area contributed by atoms with E-state index in [1.54, 1.807) is 12.1 Å². The number of carbonyl (C=O) groups is 1. The maximum absolute atomic E-state index is 10.3. The van der Waals surface area contributed by atoms with Gasteiger partial charge >= 0.3 is 5.97 Å². The van der Waals surface area contributed by atoms with Crippen LogP contribution in [0.5, 0.6) is 0 Å². The van der Waals surface area contributed by atoms with E-state index in [0.29, 0.717) is 0 Å². The molecule has 4 N–H and O–H groups in total.